The van der Waals surface area contributed by atoms with Crippen LogP contribution < -0.4 is 16.4 Å². The van der Waals surface area contributed by atoms with Gasteiger partial charge in [-0.05, 0) is 11.8 Å². The first kappa shape index (κ1) is 15.7. The van der Waals surface area contributed by atoms with Crippen LogP contribution in [-0.4, -0.2) is 35.7 Å². The predicted octanol–water partition coefficient (Wildman–Crippen LogP) is -0.188. The molecule has 6 nitrogen and oxygen atoms in total. The van der Waals surface area contributed by atoms with Crippen molar-refractivity contribution >= 4 is 11.9 Å². The SMILES string of the molecule is CC(C)C(CO)NC(=O)C(NC(N)=O)C(C)C. The number of rotatable bonds is 6. The fraction of sp³-hybridized carbons (Fsp3) is 0.818. The Morgan fingerprint density at radius 1 is 1.12 bits per heavy atom. The van der Waals surface area contributed by atoms with Crippen LogP contribution in [0.4, 0.5) is 4.79 Å². The third-order valence-corrected chi connectivity index (χ3v) is 2.58. The van der Waals surface area contributed by atoms with E-state index in [1.54, 1.807) is 0 Å². The lowest BCUT2D eigenvalue weighted by molar-refractivity contribution is -0.125. The summed E-state index contributed by atoms with van der Waals surface area (Å²) in [6.45, 7) is 7.28. The summed E-state index contributed by atoms with van der Waals surface area (Å²) in [5.74, 6) is -0.286. The van der Waals surface area contributed by atoms with E-state index in [1.165, 1.54) is 0 Å². The number of hydrogen-bond donors (Lipinski definition) is 4. The quantitative estimate of drug-likeness (QED) is 0.521. The van der Waals surface area contributed by atoms with Crippen LogP contribution in [0.5, 0.6) is 0 Å². The van der Waals surface area contributed by atoms with E-state index in [4.69, 9.17) is 10.8 Å². The molecule has 0 aromatic carbocycles. The Labute approximate surface area is 102 Å². The third kappa shape index (κ3) is 5.53. The number of nitrogens with one attached hydrogen (secondary N) is 2. The van der Waals surface area contributed by atoms with Crippen LogP contribution >= 0.6 is 0 Å². The van der Waals surface area contributed by atoms with E-state index in [1.807, 2.05) is 27.7 Å². The Kier molecular flexibility index (Phi) is 6.57. The van der Waals surface area contributed by atoms with E-state index < -0.39 is 12.1 Å². The zero-order chi connectivity index (χ0) is 13.6. The van der Waals surface area contributed by atoms with Crippen LogP contribution in [0.1, 0.15) is 27.7 Å². The second-order valence-electron chi connectivity index (χ2n) is 4.77. The van der Waals surface area contributed by atoms with Gasteiger partial charge in [0, 0.05) is 0 Å². The van der Waals surface area contributed by atoms with Gasteiger partial charge in [-0.15, -0.1) is 0 Å². The van der Waals surface area contributed by atoms with Gasteiger partial charge in [0.25, 0.3) is 0 Å². The van der Waals surface area contributed by atoms with Crippen molar-refractivity contribution < 1.29 is 14.7 Å². The lowest BCUT2D eigenvalue weighted by Crippen LogP contribution is -2.54. The van der Waals surface area contributed by atoms with Gasteiger partial charge in [-0.25, -0.2) is 4.79 Å². The number of aliphatic hydroxyl groups is 1. The summed E-state index contributed by atoms with van der Waals surface area (Å²) in [5.41, 5.74) is 5.01. The summed E-state index contributed by atoms with van der Waals surface area (Å²) in [4.78, 5) is 22.7. The first-order valence-corrected chi connectivity index (χ1v) is 5.76. The van der Waals surface area contributed by atoms with Gasteiger partial charge in [0.15, 0.2) is 0 Å². The predicted molar refractivity (Wildman–Crippen MR) is 65.2 cm³/mol. The summed E-state index contributed by atoms with van der Waals surface area (Å²) in [6, 6.07) is -1.73. The second kappa shape index (κ2) is 7.11. The molecule has 0 spiro atoms. The first-order valence-electron chi connectivity index (χ1n) is 5.76. The molecular weight excluding hydrogens is 222 g/mol. The highest BCUT2D eigenvalue weighted by atomic mass is 16.3. The molecule has 0 heterocycles. The summed E-state index contributed by atoms with van der Waals surface area (Å²) in [6.07, 6.45) is 0. The molecule has 2 unspecified atom stereocenters. The molecule has 0 aromatic heterocycles. The van der Waals surface area contributed by atoms with Crippen LogP contribution in [0.25, 0.3) is 0 Å². The van der Waals surface area contributed by atoms with Gasteiger partial charge >= 0.3 is 6.03 Å². The van der Waals surface area contributed by atoms with Crippen LogP contribution in [0.15, 0.2) is 0 Å². The molecule has 0 saturated carbocycles. The lowest BCUT2D eigenvalue weighted by Gasteiger charge is -2.25. The molecule has 17 heavy (non-hydrogen) atoms. The molecule has 100 valence electrons. The van der Waals surface area contributed by atoms with Crippen molar-refractivity contribution in [3.05, 3.63) is 0 Å². The molecule has 2 atom stereocenters. The molecular formula is C11H23N3O3. The minimum absolute atomic E-state index is 0.0750. The monoisotopic (exact) mass is 245 g/mol. The summed E-state index contributed by atoms with van der Waals surface area (Å²) >= 11 is 0. The molecule has 0 aliphatic heterocycles. The molecule has 6 heteroatoms. The molecule has 3 amide bonds. The Hall–Kier alpha value is -1.30. The Morgan fingerprint density at radius 2 is 1.65 bits per heavy atom. The van der Waals surface area contributed by atoms with E-state index >= 15 is 0 Å². The van der Waals surface area contributed by atoms with E-state index in [0.717, 1.165) is 0 Å². The highest BCUT2D eigenvalue weighted by molar-refractivity contribution is 5.86. The second-order valence-corrected chi connectivity index (χ2v) is 4.77. The smallest absolute Gasteiger partial charge is 0.312 e. The fourth-order valence-corrected chi connectivity index (χ4v) is 1.38. The minimum atomic E-state index is -0.732. The zero-order valence-electron chi connectivity index (χ0n) is 10.9. The minimum Gasteiger partial charge on any atom is -0.394 e. The fourth-order valence-electron chi connectivity index (χ4n) is 1.38. The van der Waals surface area contributed by atoms with Crippen LogP contribution in [0.2, 0.25) is 0 Å². The highest BCUT2D eigenvalue weighted by Gasteiger charge is 2.26. The number of primary amides is 1. The molecule has 0 radical (unpaired) electrons. The first-order chi connectivity index (χ1) is 7.79. The van der Waals surface area contributed by atoms with Crippen molar-refractivity contribution in [2.24, 2.45) is 17.6 Å². The van der Waals surface area contributed by atoms with Gasteiger partial charge in [-0.3, -0.25) is 4.79 Å². The number of nitrogens with two attached hydrogens (primary N) is 1. The van der Waals surface area contributed by atoms with Gasteiger partial charge in [0.05, 0.1) is 12.6 Å². The van der Waals surface area contributed by atoms with Crippen LogP contribution in [0, 0.1) is 11.8 Å². The van der Waals surface area contributed by atoms with Gasteiger partial charge < -0.3 is 21.5 Å². The number of hydrogen-bond acceptors (Lipinski definition) is 3. The normalized spacial score (nSPS) is 14.5. The summed E-state index contributed by atoms with van der Waals surface area (Å²) in [7, 11) is 0. The van der Waals surface area contributed by atoms with Gasteiger partial charge in [0.2, 0.25) is 5.91 Å². The van der Waals surface area contributed by atoms with Crippen molar-refractivity contribution in [2.45, 2.75) is 39.8 Å². The molecule has 0 bridgehead atoms. The molecule has 0 aromatic rings. The van der Waals surface area contributed by atoms with Crippen molar-refractivity contribution in [3.8, 4) is 0 Å². The standard InChI is InChI=1S/C11H23N3O3/c1-6(2)8(5-15)13-10(16)9(7(3)4)14-11(12)17/h6-9,15H,5H2,1-4H3,(H,13,16)(H3,12,14,17). The number of urea groups is 1. The average Bonchev–Trinajstić information content (AvgIpc) is 2.20. The Bertz CT molecular complexity index is 267. The largest absolute Gasteiger partial charge is 0.394 e. The maximum absolute atomic E-state index is 11.9. The number of amides is 3. The molecule has 0 saturated heterocycles. The summed E-state index contributed by atoms with van der Waals surface area (Å²) in [5, 5.41) is 14.2. The maximum Gasteiger partial charge on any atom is 0.312 e. The van der Waals surface area contributed by atoms with Gasteiger partial charge in [0.1, 0.15) is 6.04 Å². The molecule has 0 rings (SSSR count). The summed E-state index contributed by atoms with van der Waals surface area (Å²) < 4.78 is 0. The van der Waals surface area contributed by atoms with Gasteiger partial charge in [-0.1, -0.05) is 27.7 Å². The molecule has 5 N–H and O–H groups in total. The van der Waals surface area contributed by atoms with Crippen molar-refractivity contribution in [1.82, 2.24) is 10.6 Å². The van der Waals surface area contributed by atoms with E-state index in [0.29, 0.717) is 0 Å². The van der Waals surface area contributed by atoms with Crippen LogP contribution in [-0.2, 0) is 4.79 Å². The van der Waals surface area contributed by atoms with E-state index in [9.17, 15) is 9.59 Å². The Morgan fingerprint density at radius 3 is 1.94 bits per heavy atom. The van der Waals surface area contributed by atoms with Crippen molar-refractivity contribution in [1.29, 1.82) is 0 Å². The molecule has 0 fully saturated rings. The average molecular weight is 245 g/mol. The van der Waals surface area contributed by atoms with Crippen molar-refractivity contribution in [3.63, 3.8) is 0 Å². The highest BCUT2D eigenvalue weighted by Crippen LogP contribution is 2.05. The number of carbonyl (C=O) groups is 2. The zero-order valence-corrected chi connectivity index (χ0v) is 10.9. The maximum atomic E-state index is 11.9. The molecule has 0 aliphatic carbocycles. The van der Waals surface area contributed by atoms with E-state index in [2.05, 4.69) is 10.6 Å². The van der Waals surface area contributed by atoms with Gasteiger partial charge in [-0.2, -0.15) is 0 Å². The number of carbonyl (C=O) groups excluding carboxylic acids is 2. The molecule has 0 aliphatic rings. The third-order valence-electron chi connectivity index (χ3n) is 2.58. The van der Waals surface area contributed by atoms with E-state index in [-0.39, 0.29) is 30.4 Å². The van der Waals surface area contributed by atoms with Crippen molar-refractivity contribution in [2.75, 3.05) is 6.61 Å². The Balaban J connectivity index is 4.56. The topological polar surface area (TPSA) is 104 Å². The van der Waals surface area contributed by atoms with Crippen LogP contribution in [0.3, 0.4) is 0 Å². The lowest BCUT2D eigenvalue weighted by atomic mass is 10.0. The number of aliphatic hydroxyl groups excluding tert-OH is 1.